The minimum Gasteiger partial charge on any atom is -0.0823 e. The van der Waals surface area contributed by atoms with E-state index in [-0.39, 0.29) is 0 Å². The molecule has 2 atom stereocenters. The van der Waals surface area contributed by atoms with Crippen LogP contribution in [0.2, 0.25) is 0 Å². The molecule has 0 aromatic rings. The molecule has 1 saturated carbocycles. The Morgan fingerprint density at radius 2 is 2.00 bits per heavy atom. The lowest BCUT2D eigenvalue weighted by molar-refractivity contribution is 0.378. The zero-order valence-electron chi connectivity index (χ0n) is 3.95. The number of alkyl halides is 1. The summed E-state index contributed by atoms with van der Waals surface area (Å²) >= 11 is 2.52. The Labute approximate surface area is 52.5 Å². The van der Waals surface area contributed by atoms with Crippen molar-refractivity contribution in [3.63, 3.8) is 0 Å². The first-order valence-corrected chi connectivity index (χ1v) is 3.69. The first-order chi connectivity index (χ1) is 2.80. The molecule has 0 saturated heterocycles. The van der Waals surface area contributed by atoms with Gasteiger partial charge < -0.3 is 0 Å². The van der Waals surface area contributed by atoms with Gasteiger partial charge in [-0.3, -0.25) is 0 Å². The van der Waals surface area contributed by atoms with Gasteiger partial charge in [-0.2, -0.15) is 0 Å². The van der Waals surface area contributed by atoms with E-state index < -0.39 is 0 Å². The Bertz CT molecular complexity index is 43.9. The Hall–Kier alpha value is 0.730. The third kappa shape index (κ3) is 0.695. The van der Waals surface area contributed by atoms with Crippen molar-refractivity contribution in [3.8, 4) is 0 Å². The van der Waals surface area contributed by atoms with Gasteiger partial charge >= 0.3 is 0 Å². The summed E-state index contributed by atoms with van der Waals surface area (Å²) in [7, 11) is 0. The monoisotopic (exact) mass is 196 g/mol. The lowest BCUT2D eigenvalue weighted by atomic mass is 9.87. The van der Waals surface area contributed by atoms with E-state index in [1.807, 2.05) is 0 Å². The molecule has 0 radical (unpaired) electrons. The highest BCUT2D eigenvalue weighted by atomic mass is 127. The Kier molecular flexibility index (Phi) is 1.37. The molecule has 0 aromatic carbocycles. The van der Waals surface area contributed by atoms with Crippen LogP contribution in [0.5, 0.6) is 0 Å². The second kappa shape index (κ2) is 1.68. The molecule has 1 heteroatoms. The average Bonchev–Trinajstić information content (AvgIpc) is 1.61. The van der Waals surface area contributed by atoms with Gasteiger partial charge in [0.1, 0.15) is 0 Å². The second-order valence-corrected chi connectivity index (χ2v) is 3.67. The fourth-order valence-corrected chi connectivity index (χ4v) is 1.35. The SMILES string of the molecule is CC1CCC1I. The van der Waals surface area contributed by atoms with Gasteiger partial charge in [-0.25, -0.2) is 0 Å². The fraction of sp³-hybridized carbons (Fsp3) is 1.00. The molecule has 0 nitrogen and oxygen atoms in total. The standard InChI is InChI=1S/C5H9I/c1-4-2-3-5(4)6/h4-5H,2-3H2,1H3. The van der Waals surface area contributed by atoms with Crippen LogP contribution in [0.15, 0.2) is 0 Å². The highest BCUT2D eigenvalue weighted by molar-refractivity contribution is 14.1. The average molecular weight is 196 g/mol. The van der Waals surface area contributed by atoms with Gasteiger partial charge in [0.15, 0.2) is 0 Å². The molecule has 6 heavy (non-hydrogen) atoms. The molecule has 0 spiro atoms. The maximum Gasteiger partial charge on any atom is 0.0135 e. The van der Waals surface area contributed by atoms with E-state index in [0.717, 1.165) is 9.84 Å². The van der Waals surface area contributed by atoms with Crippen molar-refractivity contribution in [3.05, 3.63) is 0 Å². The number of hydrogen-bond donors (Lipinski definition) is 0. The van der Waals surface area contributed by atoms with Crippen LogP contribution in [0.4, 0.5) is 0 Å². The van der Waals surface area contributed by atoms with Crippen LogP contribution in [0, 0.1) is 5.92 Å². The van der Waals surface area contributed by atoms with Gasteiger partial charge in [0.2, 0.25) is 0 Å². The van der Waals surface area contributed by atoms with Crippen LogP contribution in [0.3, 0.4) is 0 Å². The summed E-state index contributed by atoms with van der Waals surface area (Å²) in [6.45, 7) is 2.32. The van der Waals surface area contributed by atoms with Gasteiger partial charge in [0.05, 0.1) is 0 Å². The zero-order valence-corrected chi connectivity index (χ0v) is 6.10. The predicted octanol–water partition coefficient (Wildman–Crippen LogP) is 2.22. The quantitative estimate of drug-likeness (QED) is 0.411. The lowest BCUT2D eigenvalue weighted by Crippen LogP contribution is -2.21. The molecular formula is C5H9I. The first kappa shape index (κ1) is 4.88. The van der Waals surface area contributed by atoms with E-state index in [0.29, 0.717) is 0 Å². The third-order valence-corrected chi connectivity index (χ3v) is 3.37. The van der Waals surface area contributed by atoms with Crippen LogP contribution in [-0.2, 0) is 0 Å². The number of rotatable bonds is 0. The Balaban J connectivity index is 2.20. The molecule has 2 unspecified atom stereocenters. The molecule has 0 amide bonds. The van der Waals surface area contributed by atoms with Crippen molar-refractivity contribution in [1.82, 2.24) is 0 Å². The predicted molar refractivity (Wildman–Crippen MR) is 36.2 cm³/mol. The molecule has 0 heterocycles. The molecule has 36 valence electrons. The van der Waals surface area contributed by atoms with Crippen molar-refractivity contribution < 1.29 is 0 Å². The minimum atomic E-state index is 1.00. The van der Waals surface area contributed by atoms with Crippen LogP contribution in [-0.4, -0.2) is 3.92 Å². The molecule has 1 aliphatic rings. The van der Waals surface area contributed by atoms with Gasteiger partial charge in [-0.1, -0.05) is 29.5 Å². The van der Waals surface area contributed by atoms with Gasteiger partial charge in [-0.05, 0) is 18.8 Å². The minimum absolute atomic E-state index is 1.00. The fourth-order valence-electron chi connectivity index (χ4n) is 0.626. The normalized spacial score (nSPS) is 45.0. The summed E-state index contributed by atoms with van der Waals surface area (Å²) < 4.78 is 1.00. The van der Waals surface area contributed by atoms with Crippen LogP contribution >= 0.6 is 22.6 Å². The van der Waals surface area contributed by atoms with Crippen molar-refractivity contribution in [2.75, 3.05) is 0 Å². The molecule has 0 bridgehead atoms. The highest BCUT2D eigenvalue weighted by Gasteiger charge is 2.22. The summed E-state index contributed by atoms with van der Waals surface area (Å²) in [6, 6.07) is 0. The Morgan fingerprint density at radius 3 is 2.00 bits per heavy atom. The second-order valence-electron chi connectivity index (χ2n) is 2.07. The summed E-state index contributed by atoms with van der Waals surface area (Å²) in [6.07, 6.45) is 2.93. The van der Waals surface area contributed by atoms with E-state index in [1.165, 1.54) is 12.8 Å². The van der Waals surface area contributed by atoms with Crippen LogP contribution < -0.4 is 0 Å². The molecule has 1 aliphatic carbocycles. The number of hydrogen-bond acceptors (Lipinski definition) is 0. The van der Waals surface area contributed by atoms with E-state index in [4.69, 9.17) is 0 Å². The zero-order chi connectivity index (χ0) is 4.57. The molecule has 1 fully saturated rings. The molecule has 0 aliphatic heterocycles. The van der Waals surface area contributed by atoms with Crippen molar-refractivity contribution in [2.45, 2.75) is 23.7 Å². The lowest BCUT2D eigenvalue weighted by Gasteiger charge is -2.27. The molecule has 1 rings (SSSR count). The smallest absolute Gasteiger partial charge is 0.0135 e. The number of halogens is 1. The largest absolute Gasteiger partial charge is 0.0823 e. The van der Waals surface area contributed by atoms with Crippen molar-refractivity contribution in [1.29, 1.82) is 0 Å². The summed E-state index contributed by atoms with van der Waals surface area (Å²) in [5, 5.41) is 0. The molecular weight excluding hydrogens is 187 g/mol. The van der Waals surface area contributed by atoms with Crippen LogP contribution in [0.1, 0.15) is 19.8 Å². The summed E-state index contributed by atoms with van der Waals surface area (Å²) in [5.41, 5.74) is 0. The van der Waals surface area contributed by atoms with Gasteiger partial charge in [-0.15, -0.1) is 0 Å². The maximum atomic E-state index is 2.52. The van der Waals surface area contributed by atoms with Gasteiger partial charge in [0.25, 0.3) is 0 Å². The maximum absolute atomic E-state index is 2.52. The third-order valence-electron chi connectivity index (χ3n) is 1.52. The van der Waals surface area contributed by atoms with E-state index in [1.54, 1.807) is 0 Å². The molecule has 0 aromatic heterocycles. The van der Waals surface area contributed by atoms with Gasteiger partial charge in [0, 0.05) is 3.92 Å². The van der Waals surface area contributed by atoms with E-state index in [2.05, 4.69) is 29.5 Å². The topological polar surface area (TPSA) is 0 Å². The molecule has 0 N–H and O–H groups in total. The van der Waals surface area contributed by atoms with E-state index in [9.17, 15) is 0 Å². The van der Waals surface area contributed by atoms with Crippen LogP contribution in [0.25, 0.3) is 0 Å². The van der Waals surface area contributed by atoms with Crippen molar-refractivity contribution in [2.24, 2.45) is 5.92 Å². The Morgan fingerprint density at radius 1 is 1.50 bits per heavy atom. The summed E-state index contributed by atoms with van der Waals surface area (Å²) in [5.74, 6) is 1.02. The van der Waals surface area contributed by atoms with Crippen molar-refractivity contribution >= 4 is 22.6 Å². The summed E-state index contributed by atoms with van der Waals surface area (Å²) in [4.78, 5) is 0. The first-order valence-electron chi connectivity index (χ1n) is 2.45. The van der Waals surface area contributed by atoms with E-state index >= 15 is 0 Å². The highest BCUT2D eigenvalue weighted by Crippen LogP contribution is 2.33.